The summed E-state index contributed by atoms with van der Waals surface area (Å²) >= 11 is 3.21. The normalized spacial score (nSPS) is 20.1. The van der Waals surface area contributed by atoms with Crippen LogP contribution in [0.25, 0.3) is 0 Å². The van der Waals surface area contributed by atoms with E-state index < -0.39 is 6.04 Å². The van der Waals surface area contributed by atoms with Gasteiger partial charge < -0.3 is 15.1 Å². The Kier molecular flexibility index (Phi) is 5.66. The van der Waals surface area contributed by atoms with E-state index in [2.05, 4.69) is 5.32 Å². The van der Waals surface area contributed by atoms with Crippen LogP contribution in [0.15, 0.2) is 17.5 Å². The zero-order chi connectivity index (χ0) is 15.4. The summed E-state index contributed by atoms with van der Waals surface area (Å²) in [7, 11) is 3.92. The van der Waals surface area contributed by atoms with E-state index in [4.69, 9.17) is 0 Å². The van der Waals surface area contributed by atoms with Crippen LogP contribution in [0.3, 0.4) is 0 Å². The topological polar surface area (TPSA) is 52.7 Å². The molecule has 1 aromatic heterocycles. The number of carbonyl (C=O) groups excluding carboxylic acids is 2. The molecule has 116 valence electrons. The molecule has 1 aliphatic rings. The van der Waals surface area contributed by atoms with Gasteiger partial charge in [0, 0.05) is 18.0 Å². The lowest BCUT2D eigenvalue weighted by atomic mass is 10.2. The highest BCUT2D eigenvalue weighted by molar-refractivity contribution is 8.00. The molecule has 2 atom stereocenters. The molecule has 0 spiro atoms. The Bertz CT molecular complexity index is 490. The van der Waals surface area contributed by atoms with Gasteiger partial charge in [0.25, 0.3) is 0 Å². The number of nitrogens with one attached hydrogen (secondary N) is 1. The van der Waals surface area contributed by atoms with Crippen molar-refractivity contribution in [1.82, 2.24) is 15.1 Å². The minimum Gasteiger partial charge on any atom is -0.353 e. The maximum atomic E-state index is 12.2. The maximum absolute atomic E-state index is 12.2. The second kappa shape index (κ2) is 7.29. The Labute approximate surface area is 133 Å². The van der Waals surface area contributed by atoms with Gasteiger partial charge in [-0.2, -0.15) is 0 Å². The van der Waals surface area contributed by atoms with Crippen LogP contribution in [0.5, 0.6) is 0 Å². The summed E-state index contributed by atoms with van der Waals surface area (Å²) in [5.41, 5.74) is 0. The van der Waals surface area contributed by atoms with Gasteiger partial charge in [0.2, 0.25) is 11.8 Å². The molecule has 2 heterocycles. The van der Waals surface area contributed by atoms with E-state index in [0.717, 1.165) is 11.4 Å². The minimum absolute atomic E-state index is 0.0351. The summed E-state index contributed by atoms with van der Waals surface area (Å²) in [5, 5.41) is 4.86. The van der Waals surface area contributed by atoms with E-state index in [1.54, 1.807) is 34.9 Å². The van der Waals surface area contributed by atoms with Gasteiger partial charge >= 0.3 is 0 Å². The molecule has 1 aromatic rings. The van der Waals surface area contributed by atoms with Gasteiger partial charge in [-0.25, -0.2) is 0 Å². The molecule has 0 bridgehead atoms. The van der Waals surface area contributed by atoms with Crippen LogP contribution in [0, 0.1) is 0 Å². The molecule has 1 fully saturated rings. The second-order valence-corrected chi connectivity index (χ2v) is 7.30. The zero-order valence-electron chi connectivity index (χ0n) is 12.5. The predicted octanol–water partition coefficient (Wildman–Crippen LogP) is 1.39. The Morgan fingerprint density at radius 2 is 2.33 bits per heavy atom. The minimum atomic E-state index is -0.443. The number of thiophene rings is 1. The Morgan fingerprint density at radius 1 is 1.57 bits per heavy atom. The van der Waals surface area contributed by atoms with Crippen molar-refractivity contribution >= 4 is 34.9 Å². The van der Waals surface area contributed by atoms with Crippen LogP contribution >= 0.6 is 23.1 Å². The lowest BCUT2D eigenvalue weighted by Gasteiger charge is -2.28. The Morgan fingerprint density at radius 3 is 2.95 bits per heavy atom. The molecule has 0 unspecified atom stereocenters. The lowest BCUT2D eigenvalue weighted by molar-refractivity contribution is -0.137. The first-order valence-corrected chi connectivity index (χ1v) is 8.82. The highest BCUT2D eigenvalue weighted by Crippen LogP contribution is 2.41. The quantitative estimate of drug-likeness (QED) is 0.858. The summed E-state index contributed by atoms with van der Waals surface area (Å²) in [6.45, 7) is 3.18. The van der Waals surface area contributed by atoms with Gasteiger partial charge in [0.15, 0.2) is 0 Å². The van der Waals surface area contributed by atoms with Crippen LogP contribution in [0.4, 0.5) is 0 Å². The third kappa shape index (κ3) is 3.99. The highest BCUT2D eigenvalue weighted by atomic mass is 32.2. The number of hydrogen-bond donors (Lipinski definition) is 1. The number of amides is 2. The van der Waals surface area contributed by atoms with Gasteiger partial charge in [-0.05, 0) is 32.5 Å². The van der Waals surface area contributed by atoms with Crippen molar-refractivity contribution in [3.05, 3.63) is 22.4 Å². The molecule has 0 radical (unpaired) electrons. The molecule has 21 heavy (non-hydrogen) atoms. The summed E-state index contributed by atoms with van der Waals surface area (Å²) in [6.07, 6.45) is 0. The standard InChI is InChI=1S/C14H21N3O2S2/c1-10(13(19)15-6-7-16(2)3)17-12(18)9-21-14(17)11-5-4-8-20-11/h4-5,8,10,14H,6-7,9H2,1-3H3,(H,15,19)/t10-,14+/m0/s1. The monoisotopic (exact) mass is 327 g/mol. The highest BCUT2D eigenvalue weighted by Gasteiger charge is 2.39. The van der Waals surface area contributed by atoms with Crippen molar-refractivity contribution in [2.75, 3.05) is 32.9 Å². The predicted molar refractivity (Wildman–Crippen MR) is 87.4 cm³/mol. The molecular formula is C14H21N3O2S2. The van der Waals surface area contributed by atoms with Gasteiger partial charge in [-0.3, -0.25) is 9.59 Å². The largest absolute Gasteiger partial charge is 0.353 e. The van der Waals surface area contributed by atoms with Crippen LogP contribution < -0.4 is 5.32 Å². The van der Waals surface area contributed by atoms with Crippen molar-refractivity contribution in [3.63, 3.8) is 0 Å². The van der Waals surface area contributed by atoms with E-state index in [1.165, 1.54) is 0 Å². The number of likely N-dealkylation sites (N-methyl/N-ethyl adjacent to an activating group) is 1. The first kappa shape index (κ1) is 16.3. The molecule has 1 N–H and O–H groups in total. The molecule has 0 saturated carbocycles. The van der Waals surface area contributed by atoms with E-state index in [1.807, 2.05) is 36.5 Å². The average Bonchev–Trinajstić information content (AvgIpc) is 3.06. The third-order valence-electron chi connectivity index (χ3n) is 3.35. The Balaban J connectivity index is 2.00. The number of nitrogens with zero attached hydrogens (tertiary/aromatic N) is 2. The first-order valence-electron chi connectivity index (χ1n) is 6.89. The van der Waals surface area contributed by atoms with Gasteiger partial charge in [-0.15, -0.1) is 23.1 Å². The van der Waals surface area contributed by atoms with Crippen LogP contribution in [0.1, 0.15) is 17.2 Å². The summed E-state index contributed by atoms with van der Waals surface area (Å²) in [5.74, 6) is 0.389. The molecule has 7 heteroatoms. The number of hydrogen-bond acceptors (Lipinski definition) is 5. The number of thioether (sulfide) groups is 1. The number of rotatable bonds is 6. The Hall–Kier alpha value is -1.05. The van der Waals surface area contributed by atoms with Crippen LogP contribution in [-0.4, -0.2) is 60.6 Å². The first-order chi connectivity index (χ1) is 10.0. The molecule has 2 amide bonds. The average molecular weight is 327 g/mol. The summed E-state index contributed by atoms with van der Waals surface area (Å²) in [4.78, 5) is 29.2. The SMILES string of the molecule is C[C@@H](C(=O)NCCN(C)C)N1C(=O)CS[C@@H]1c1cccs1. The van der Waals surface area contributed by atoms with E-state index >= 15 is 0 Å². The fourth-order valence-corrected chi connectivity index (χ4v) is 4.41. The van der Waals surface area contributed by atoms with Gasteiger partial charge in [0.05, 0.1) is 5.75 Å². The van der Waals surface area contributed by atoms with Crippen molar-refractivity contribution in [2.45, 2.75) is 18.3 Å². The van der Waals surface area contributed by atoms with Crippen molar-refractivity contribution < 1.29 is 9.59 Å². The van der Waals surface area contributed by atoms with Crippen molar-refractivity contribution in [1.29, 1.82) is 0 Å². The maximum Gasteiger partial charge on any atom is 0.242 e. The van der Waals surface area contributed by atoms with Crippen molar-refractivity contribution in [2.24, 2.45) is 0 Å². The molecule has 5 nitrogen and oxygen atoms in total. The number of carbonyl (C=O) groups is 2. The van der Waals surface area contributed by atoms with Crippen LogP contribution in [-0.2, 0) is 9.59 Å². The van der Waals surface area contributed by atoms with E-state index in [9.17, 15) is 9.59 Å². The van der Waals surface area contributed by atoms with E-state index in [-0.39, 0.29) is 17.2 Å². The molecular weight excluding hydrogens is 306 g/mol. The van der Waals surface area contributed by atoms with Gasteiger partial charge in [0.1, 0.15) is 11.4 Å². The summed E-state index contributed by atoms with van der Waals surface area (Å²) in [6, 6.07) is 3.55. The zero-order valence-corrected chi connectivity index (χ0v) is 14.2. The lowest BCUT2D eigenvalue weighted by Crippen LogP contribution is -2.47. The van der Waals surface area contributed by atoms with Gasteiger partial charge in [-0.1, -0.05) is 6.07 Å². The smallest absolute Gasteiger partial charge is 0.242 e. The molecule has 1 saturated heterocycles. The molecule has 1 aliphatic heterocycles. The molecule has 0 aromatic carbocycles. The fourth-order valence-electron chi connectivity index (χ4n) is 2.18. The van der Waals surface area contributed by atoms with Crippen molar-refractivity contribution in [3.8, 4) is 0 Å². The molecule has 2 rings (SSSR count). The third-order valence-corrected chi connectivity index (χ3v) is 5.63. The van der Waals surface area contributed by atoms with Crippen LogP contribution in [0.2, 0.25) is 0 Å². The second-order valence-electron chi connectivity index (χ2n) is 5.25. The fraction of sp³-hybridized carbons (Fsp3) is 0.571. The summed E-state index contributed by atoms with van der Waals surface area (Å²) < 4.78 is 0. The van der Waals surface area contributed by atoms with E-state index in [0.29, 0.717) is 12.3 Å². The molecule has 0 aliphatic carbocycles.